The van der Waals surface area contributed by atoms with Gasteiger partial charge in [-0.2, -0.15) is 5.26 Å². The Labute approximate surface area is 243 Å². The maximum atomic E-state index is 13.6. The number of nitriles is 1. The van der Waals surface area contributed by atoms with E-state index in [4.69, 9.17) is 15.2 Å². The Balaban J connectivity index is 1.38. The Bertz CT molecular complexity index is 1610. The minimum atomic E-state index is -0.694. The van der Waals surface area contributed by atoms with E-state index in [-0.39, 0.29) is 28.8 Å². The van der Waals surface area contributed by atoms with E-state index in [0.29, 0.717) is 62.8 Å². The maximum absolute atomic E-state index is 13.6. The van der Waals surface area contributed by atoms with Crippen molar-refractivity contribution in [1.82, 2.24) is 10.2 Å². The van der Waals surface area contributed by atoms with Crippen LogP contribution in [-0.4, -0.2) is 41.9 Å². The molecule has 210 valence electrons. The lowest BCUT2D eigenvalue weighted by Crippen LogP contribution is -2.38. The van der Waals surface area contributed by atoms with Crippen molar-refractivity contribution < 1.29 is 23.5 Å². The standard InChI is InChI=1S/C28H25FN6O4S2/c1-38-17-10-11-19(22(12-17)39-2)32-23(37)14-40-28-34-33-27(41-28)35-20-4-3-5-21(36)25(20)24(18(13-30)26(35)31)15-6-8-16(29)9-7-15/h6-12,24H,3-5,14,31H2,1-2H3,(H,32,37). The van der Waals surface area contributed by atoms with Crippen LogP contribution in [0.1, 0.15) is 30.7 Å². The highest BCUT2D eigenvalue weighted by Crippen LogP contribution is 2.47. The third-order valence-electron chi connectivity index (χ3n) is 6.71. The van der Waals surface area contributed by atoms with Gasteiger partial charge >= 0.3 is 0 Å². The number of rotatable bonds is 8. The number of nitrogens with one attached hydrogen (secondary N) is 1. The van der Waals surface area contributed by atoms with Gasteiger partial charge in [-0.3, -0.25) is 14.5 Å². The molecule has 1 amide bonds. The van der Waals surface area contributed by atoms with E-state index in [1.54, 1.807) is 42.3 Å². The first kappa shape index (κ1) is 28.1. The Hall–Kier alpha value is -4.41. The van der Waals surface area contributed by atoms with Crippen LogP contribution >= 0.6 is 23.1 Å². The molecule has 1 aromatic heterocycles. The summed E-state index contributed by atoms with van der Waals surface area (Å²) in [6.07, 6.45) is 1.51. The minimum absolute atomic E-state index is 0.0532. The largest absolute Gasteiger partial charge is 0.497 e. The van der Waals surface area contributed by atoms with Crippen LogP contribution < -0.4 is 25.4 Å². The minimum Gasteiger partial charge on any atom is -0.497 e. The lowest BCUT2D eigenvalue weighted by molar-refractivity contribution is -0.116. The number of thioether (sulfide) groups is 1. The number of nitrogens with two attached hydrogens (primary N) is 1. The lowest BCUT2D eigenvalue weighted by atomic mass is 9.76. The fraction of sp³-hybridized carbons (Fsp3) is 0.250. The van der Waals surface area contributed by atoms with Crippen LogP contribution in [0.4, 0.5) is 15.2 Å². The number of nitrogens with zero attached hydrogens (tertiary/aromatic N) is 4. The predicted molar refractivity (Wildman–Crippen MR) is 153 cm³/mol. The molecular formula is C28H25FN6O4S2. The van der Waals surface area contributed by atoms with E-state index in [1.165, 1.54) is 42.3 Å². The third-order valence-corrected chi connectivity index (χ3v) is 8.75. The van der Waals surface area contributed by atoms with Crippen LogP contribution in [0.5, 0.6) is 11.5 Å². The molecule has 0 fully saturated rings. The lowest BCUT2D eigenvalue weighted by Gasteiger charge is -2.38. The van der Waals surface area contributed by atoms with Gasteiger partial charge in [0.25, 0.3) is 0 Å². The van der Waals surface area contributed by atoms with Gasteiger partial charge in [-0.25, -0.2) is 4.39 Å². The summed E-state index contributed by atoms with van der Waals surface area (Å²) in [4.78, 5) is 27.5. The molecule has 10 nitrogen and oxygen atoms in total. The quantitative estimate of drug-likeness (QED) is 0.352. The molecule has 2 aliphatic rings. The van der Waals surface area contributed by atoms with Crippen LogP contribution in [0.2, 0.25) is 0 Å². The van der Waals surface area contributed by atoms with Crippen LogP contribution in [0, 0.1) is 17.1 Å². The molecule has 1 unspecified atom stereocenters. The normalized spacial score (nSPS) is 16.8. The number of hydrogen-bond donors (Lipinski definition) is 2. The molecule has 1 atom stereocenters. The number of ketones is 1. The van der Waals surface area contributed by atoms with Crippen molar-refractivity contribution in [3.8, 4) is 17.6 Å². The summed E-state index contributed by atoms with van der Waals surface area (Å²) in [6, 6.07) is 13.0. The van der Waals surface area contributed by atoms with E-state index in [0.717, 1.165) is 0 Å². The average Bonchev–Trinajstić information content (AvgIpc) is 3.44. The Morgan fingerprint density at radius 2 is 2.00 bits per heavy atom. The molecule has 1 aliphatic carbocycles. The molecule has 3 N–H and O–H groups in total. The molecule has 0 saturated carbocycles. The number of anilines is 2. The van der Waals surface area contributed by atoms with Crippen LogP contribution in [0.3, 0.4) is 0 Å². The van der Waals surface area contributed by atoms with Crippen molar-refractivity contribution in [2.75, 3.05) is 30.2 Å². The summed E-state index contributed by atoms with van der Waals surface area (Å²) < 4.78 is 24.7. The molecule has 0 bridgehead atoms. The molecule has 0 spiro atoms. The summed E-state index contributed by atoms with van der Waals surface area (Å²) in [5, 5.41) is 21.8. The number of carbonyl (C=O) groups excluding carboxylic acids is 2. The number of aromatic nitrogens is 2. The summed E-state index contributed by atoms with van der Waals surface area (Å²) in [5.74, 6) is -0.207. The SMILES string of the molecule is COc1ccc(NC(=O)CSc2nnc(N3C(N)=C(C#N)C(c4ccc(F)cc4)C4=C3CCCC4=O)s2)c(OC)c1. The van der Waals surface area contributed by atoms with Crippen LogP contribution in [-0.2, 0) is 9.59 Å². The van der Waals surface area contributed by atoms with Gasteiger partial charge in [-0.1, -0.05) is 35.2 Å². The fourth-order valence-electron chi connectivity index (χ4n) is 4.86. The van der Waals surface area contributed by atoms with Crippen molar-refractivity contribution in [3.63, 3.8) is 0 Å². The molecule has 5 rings (SSSR count). The van der Waals surface area contributed by atoms with Crippen molar-refractivity contribution in [2.24, 2.45) is 5.73 Å². The highest BCUT2D eigenvalue weighted by molar-refractivity contribution is 8.01. The molecule has 0 saturated heterocycles. The number of carbonyl (C=O) groups is 2. The van der Waals surface area contributed by atoms with Gasteiger partial charge in [0.2, 0.25) is 11.0 Å². The summed E-state index contributed by atoms with van der Waals surface area (Å²) >= 11 is 2.39. The van der Waals surface area contributed by atoms with Gasteiger partial charge in [-0.15, -0.1) is 10.2 Å². The van der Waals surface area contributed by atoms with E-state index >= 15 is 0 Å². The van der Waals surface area contributed by atoms with Gasteiger partial charge in [0.1, 0.15) is 23.1 Å². The molecule has 13 heteroatoms. The number of methoxy groups -OCH3 is 2. The van der Waals surface area contributed by atoms with E-state index in [1.807, 2.05) is 0 Å². The number of Topliss-reactive ketones (excluding diaryl/α,β-unsaturated/α-hetero) is 1. The second kappa shape index (κ2) is 12.0. The number of halogens is 1. The van der Waals surface area contributed by atoms with Crippen molar-refractivity contribution in [3.05, 3.63) is 76.5 Å². The molecule has 41 heavy (non-hydrogen) atoms. The molecular weight excluding hydrogens is 567 g/mol. The number of ether oxygens (including phenoxy) is 2. The van der Waals surface area contributed by atoms with E-state index in [2.05, 4.69) is 21.6 Å². The summed E-state index contributed by atoms with van der Waals surface area (Å²) in [7, 11) is 3.05. The molecule has 2 aromatic carbocycles. The number of amides is 1. The first-order chi connectivity index (χ1) is 19.8. The zero-order valence-corrected chi connectivity index (χ0v) is 23.8. The molecule has 2 heterocycles. The number of allylic oxidation sites excluding steroid dienone is 3. The summed E-state index contributed by atoms with van der Waals surface area (Å²) in [6.45, 7) is 0. The zero-order valence-electron chi connectivity index (χ0n) is 22.1. The second-order valence-electron chi connectivity index (χ2n) is 9.12. The van der Waals surface area contributed by atoms with Gasteiger partial charge in [0, 0.05) is 23.8 Å². The Kier molecular flexibility index (Phi) is 8.23. The molecule has 0 radical (unpaired) electrons. The first-order valence-electron chi connectivity index (χ1n) is 12.5. The first-order valence-corrected chi connectivity index (χ1v) is 14.3. The molecule has 3 aromatic rings. The smallest absolute Gasteiger partial charge is 0.234 e. The van der Waals surface area contributed by atoms with Crippen LogP contribution in [0.25, 0.3) is 0 Å². The van der Waals surface area contributed by atoms with Gasteiger partial charge in [-0.05, 0) is 42.7 Å². The third kappa shape index (κ3) is 5.61. The highest BCUT2D eigenvalue weighted by Gasteiger charge is 2.41. The fourth-order valence-corrected chi connectivity index (χ4v) is 6.54. The summed E-state index contributed by atoms with van der Waals surface area (Å²) in [5.41, 5.74) is 8.97. The van der Waals surface area contributed by atoms with E-state index in [9.17, 15) is 19.2 Å². The highest BCUT2D eigenvalue weighted by atomic mass is 32.2. The predicted octanol–water partition coefficient (Wildman–Crippen LogP) is 4.73. The maximum Gasteiger partial charge on any atom is 0.234 e. The Morgan fingerprint density at radius 1 is 1.22 bits per heavy atom. The Morgan fingerprint density at radius 3 is 2.71 bits per heavy atom. The van der Waals surface area contributed by atoms with Gasteiger partial charge < -0.3 is 20.5 Å². The number of hydrogen-bond acceptors (Lipinski definition) is 11. The van der Waals surface area contributed by atoms with Gasteiger partial charge in [0.05, 0.1) is 43.2 Å². The number of benzene rings is 2. The topological polar surface area (TPSA) is 143 Å². The average molecular weight is 593 g/mol. The van der Waals surface area contributed by atoms with Crippen LogP contribution in [0.15, 0.2) is 69.5 Å². The second-order valence-corrected chi connectivity index (χ2v) is 11.3. The van der Waals surface area contributed by atoms with Gasteiger partial charge in [0.15, 0.2) is 10.1 Å². The van der Waals surface area contributed by atoms with Crippen molar-refractivity contribution in [1.29, 1.82) is 5.26 Å². The zero-order chi connectivity index (χ0) is 29.1. The van der Waals surface area contributed by atoms with E-state index < -0.39 is 11.7 Å². The monoisotopic (exact) mass is 592 g/mol. The van der Waals surface area contributed by atoms with Crippen molar-refractivity contribution in [2.45, 2.75) is 29.5 Å². The van der Waals surface area contributed by atoms with Crippen molar-refractivity contribution >= 4 is 45.6 Å². The molecule has 1 aliphatic heterocycles.